The molecule has 1 saturated carbocycles. The summed E-state index contributed by atoms with van der Waals surface area (Å²) in [5, 5.41) is 10.3. The number of aromatic amines is 1. The predicted octanol–water partition coefficient (Wildman–Crippen LogP) is 1.54. The van der Waals surface area contributed by atoms with E-state index in [1.54, 1.807) is 0 Å². The maximum Gasteiger partial charge on any atom is 0.0532 e. The van der Waals surface area contributed by atoms with E-state index >= 15 is 0 Å². The Morgan fingerprint density at radius 3 is 3.00 bits per heavy atom. The van der Waals surface area contributed by atoms with Crippen LogP contribution in [0.5, 0.6) is 0 Å². The lowest BCUT2D eigenvalue weighted by Crippen LogP contribution is -2.47. The smallest absolute Gasteiger partial charge is 0.0532 e. The van der Waals surface area contributed by atoms with Crippen LogP contribution in [0.3, 0.4) is 0 Å². The summed E-state index contributed by atoms with van der Waals surface area (Å²) in [6, 6.07) is 0.713. The first-order valence-corrected chi connectivity index (χ1v) is 4.98. The molecule has 0 bridgehead atoms. The third-order valence-corrected chi connectivity index (χ3v) is 3.28. The summed E-state index contributed by atoms with van der Waals surface area (Å²) in [6.07, 6.45) is 5.14. The standard InChI is InChI=1S/C10H17N3/c1-7-3-10(8(7)2)11-4-9-5-12-13-6-9/h5-8,10-11H,3-4H2,1-2H3,(H,12,13). The van der Waals surface area contributed by atoms with Crippen molar-refractivity contribution in [2.45, 2.75) is 32.9 Å². The van der Waals surface area contributed by atoms with Gasteiger partial charge in [0, 0.05) is 24.3 Å². The third kappa shape index (κ3) is 1.75. The Kier molecular flexibility index (Phi) is 2.36. The molecule has 2 N–H and O–H groups in total. The van der Waals surface area contributed by atoms with Crippen LogP contribution in [0.25, 0.3) is 0 Å². The van der Waals surface area contributed by atoms with Crippen molar-refractivity contribution in [1.82, 2.24) is 15.5 Å². The van der Waals surface area contributed by atoms with Gasteiger partial charge in [-0.15, -0.1) is 0 Å². The molecule has 3 nitrogen and oxygen atoms in total. The van der Waals surface area contributed by atoms with E-state index in [0.29, 0.717) is 6.04 Å². The first kappa shape index (κ1) is 8.75. The highest BCUT2D eigenvalue weighted by Crippen LogP contribution is 2.33. The van der Waals surface area contributed by atoms with Crippen LogP contribution in [-0.4, -0.2) is 16.2 Å². The van der Waals surface area contributed by atoms with Crippen LogP contribution in [0.4, 0.5) is 0 Å². The van der Waals surface area contributed by atoms with Crippen LogP contribution in [0.2, 0.25) is 0 Å². The molecular weight excluding hydrogens is 162 g/mol. The van der Waals surface area contributed by atoms with Crippen molar-refractivity contribution in [3.63, 3.8) is 0 Å². The first-order chi connectivity index (χ1) is 6.27. The van der Waals surface area contributed by atoms with E-state index in [4.69, 9.17) is 0 Å². The van der Waals surface area contributed by atoms with Crippen molar-refractivity contribution in [2.24, 2.45) is 11.8 Å². The number of nitrogens with zero attached hydrogens (tertiary/aromatic N) is 1. The summed E-state index contributed by atoms with van der Waals surface area (Å²) in [5.41, 5.74) is 1.24. The Hall–Kier alpha value is -0.830. The Labute approximate surface area is 78.9 Å². The molecule has 1 aromatic heterocycles. The molecule has 0 amide bonds. The lowest BCUT2D eigenvalue weighted by molar-refractivity contribution is 0.136. The van der Waals surface area contributed by atoms with E-state index in [2.05, 4.69) is 29.4 Å². The molecule has 0 spiro atoms. The van der Waals surface area contributed by atoms with Crippen molar-refractivity contribution < 1.29 is 0 Å². The molecule has 0 aromatic carbocycles. The van der Waals surface area contributed by atoms with Crippen LogP contribution in [0.15, 0.2) is 12.4 Å². The number of nitrogens with one attached hydrogen (secondary N) is 2. The van der Waals surface area contributed by atoms with Gasteiger partial charge in [-0.05, 0) is 18.3 Å². The highest BCUT2D eigenvalue weighted by atomic mass is 15.1. The number of aromatic nitrogens is 2. The molecule has 13 heavy (non-hydrogen) atoms. The number of H-pyrrole nitrogens is 1. The van der Waals surface area contributed by atoms with Gasteiger partial charge >= 0.3 is 0 Å². The summed E-state index contributed by atoms with van der Waals surface area (Å²) >= 11 is 0. The minimum atomic E-state index is 0.713. The molecule has 0 saturated heterocycles. The van der Waals surface area contributed by atoms with Crippen molar-refractivity contribution in [1.29, 1.82) is 0 Å². The van der Waals surface area contributed by atoms with Gasteiger partial charge in [-0.2, -0.15) is 5.10 Å². The highest BCUT2D eigenvalue weighted by molar-refractivity contribution is 5.03. The normalized spacial score (nSPS) is 32.9. The van der Waals surface area contributed by atoms with Gasteiger partial charge in [-0.25, -0.2) is 0 Å². The maximum absolute atomic E-state index is 3.91. The lowest BCUT2D eigenvalue weighted by Gasteiger charge is -2.41. The fourth-order valence-electron chi connectivity index (χ4n) is 1.92. The zero-order chi connectivity index (χ0) is 9.26. The molecule has 0 radical (unpaired) electrons. The zero-order valence-corrected chi connectivity index (χ0v) is 8.25. The van der Waals surface area contributed by atoms with Crippen LogP contribution in [-0.2, 0) is 6.54 Å². The van der Waals surface area contributed by atoms with Gasteiger partial charge in [0.05, 0.1) is 6.20 Å². The molecule has 72 valence electrons. The second kappa shape index (κ2) is 3.50. The Balaban J connectivity index is 1.75. The first-order valence-electron chi connectivity index (χ1n) is 4.98. The molecule has 1 aliphatic rings. The second-order valence-electron chi connectivity index (χ2n) is 4.17. The number of hydrogen-bond acceptors (Lipinski definition) is 2. The molecule has 1 fully saturated rings. The maximum atomic E-state index is 3.91. The molecule has 1 heterocycles. The minimum Gasteiger partial charge on any atom is -0.310 e. The highest BCUT2D eigenvalue weighted by Gasteiger charge is 2.33. The molecule has 1 aliphatic carbocycles. The molecule has 3 unspecified atom stereocenters. The summed E-state index contributed by atoms with van der Waals surface area (Å²) in [7, 11) is 0. The molecular formula is C10H17N3. The van der Waals surface area contributed by atoms with E-state index in [1.165, 1.54) is 12.0 Å². The van der Waals surface area contributed by atoms with E-state index in [9.17, 15) is 0 Å². The minimum absolute atomic E-state index is 0.713. The summed E-state index contributed by atoms with van der Waals surface area (Å²) in [5.74, 6) is 1.72. The van der Waals surface area contributed by atoms with Gasteiger partial charge in [0.25, 0.3) is 0 Å². The van der Waals surface area contributed by atoms with Crippen molar-refractivity contribution >= 4 is 0 Å². The van der Waals surface area contributed by atoms with Crippen LogP contribution in [0, 0.1) is 11.8 Å². The summed E-state index contributed by atoms with van der Waals surface area (Å²) in [4.78, 5) is 0. The number of hydrogen-bond donors (Lipinski definition) is 2. The summed E-state index contributed by atoms with van der Waals surface area (Å²) < 4.78 is 0. The van der Waals surface area contributed by atoms with Crippen LogP contribution in [0.1, 0.15) is 25.8 Å². The SMILES string of the molecule is CC1CC(NCc2cn[nH]c2)C1C. The number of rotatable bonds is 3. The summed E-state index contributed by atoms with van der Waals surface area (Å²) in [6.45, 7) is 5.58. The van der Waals surface area contributed by atoms with Crippen LogP contribution >= 0.6 is 0 Å². The van der Waals surface area contributed by atoms with Crippen molar-refractivity contribution in [3.05, 3.63) is 18.0 Å². The van der Waals surface area contributed by atoms with Crippen LogP contribution < -0.4 is 5.32 Å². The van der Waals surface area contributed by atoms with E-state index in [0.717, 1.165) is 18.4 Å². The monoisotopic (exact) mass is 179 g/mol. The van der Waals surface area contributed by atoms with E-state index < -0.39 is 0 Å². The fraction of sp³-hybridized carbons (Fsp3) is 0.700. The van der Waals surface area contributed by atoms with E-state index in [-0.39, 0.29) is 0 Å². The van der Waals surface area contributed by atoms with Crippen molar-refractivity contribution in [3.8, 4) is 0 Å². The zero-order valence-electron chi connectivity index (χ0n) is 8.25. The molecule has 1 aromatic rings. The predicted molar refractivity (Wildman–Crippen MR) is 52.2 cm³/mol. The largest absolute Gasteiger partial charge is 0.310 e. The Bertz CT molecular complexity index is 255. The second-order valence-corrected chi connectivity index (χ2v) is 4.17. The fourth-order valence-corrected chi connectivity index (χ4v) is 1.92. The third-order valence-electron chi connectivity index (χ3n) is 3.28. The molecule has 3 heteroatoms. The molecule has 2 rings (SSSR count). The van der Waals surface area contributed by atoms with Gasteiger partial charge in [0.2, 0.25) is 0 Å². The average Bonchev–Trinajstić information content (AvgIpc) is 2.64. The molecule has 3 atom stereocenters. The lowest BCUT2D eigenvalue weighted by atomic mass is 9.71. The van der Waals surface area contributed by atoms with E-state index in [1.807, 2.05) is 12.4 Å². The van der Waals surface area contributed by atoms with Gasteiger partial charge in [-0.1, -0.05) is 13.8 Å². The average molecular weight is 179 g/mol. The van der Waals surface area contributed by atoms with Gasteiger partial charge in [0.1, 0.15) is 0 Å². The van der Waals surface area contributed by atoms with Crippen molar-refractivity contribution in [2.75, 3.05) is 0 Å². The topological polar surface area (TPSA) is 40.7 Å². The van der Waals surface area contributed by atoms with Gasteiger partial charge in [-0.3, -0.25) is 5.10 Å². The Morgan fingerprint density at radius 1 is 1.62 bits per heavy atom. The van der Waals surface area contributed by atoms with Gasteiger partial charge < -0.3 is 5.32 Å². The Morgan fingerprint density at radius 2 is 2.46 bits per heavy atom. The van der Waals surface area contributed by atoms with Gasteiger partial charge in [0.15, 0.2) is 0 Å². The molecule has 0 aliphatic heterocycles. The quantitative estimate of drug-likeness (QED) is 0.739.